The van der Waals surface area contributed by atoms with E-state index in [0.717, 1.165) is 11.5 Å². The molecule has 0 aromatic carbocycles. The number of hydrogen-bond acceptors (Lipinski definition) is 6. The summed E-state index contributed by atoms with van der Waals surface area (Å²) in [5, 5.41) is 11.7. The molecule has 34 heavy (non-hydrogen) atoms. The monoisotopic (exact) mass is 537 g/mol. The maximum absolute atomic E-state index is 12.1. The van der Waals surface area contributed by atoms with E-state index in [9.17, 15) is 8.42 Å². The Morgan fingerprint density at radius 1 is 0.912 bits per heavy atom. The summed E-state index contributed by atoms with van der Waals surface area (Å²) < 4.78 is 28.7. The molecule has 0 amide bonds. The van der Waals surface area contributed by atoms with Gasteiger partial charge in [-0.1, -0.05) is 90.4 Å². The van der Waals surface area contributed by atoms with Crippen molar-refractivity contribution in [1.82, 2.24) is 24.9 Å². The van der Waals surface area contributed by atoms with Gasteiger partial charge >= 0.3 is 0 Å². The highest BCUT2D eigenvalue weighted by Gasteiger charge is 2.19. The van der Waals surface area contributed by atoms with Crippen molar-refractivity contribution >= 4 is 33.4 Å². The van der Waals surface area contributed by atoms with Crippen molar-refractivity contribution in [3.63, 3.8) is 0 Å². The second-order valence-corrected chi connectivity index (χ2v) is 12.7. The van der Waals surface area contributed by atoms with Gasteiger partial charge in [0.25, 0.3) is 0 Å². The first-order chi connectivity index (χ1) is 16.5. The maximum Gasteiger partial charge on any atom is 0.211 e. The molecule has 1 rings (SSSR count). The summed E-state index contributed by atoms with van der Waals surface area (Å²) >= 11 is 7.48. The lowest BCUT2D eigenvalue weighted by Crippen LogP contribution is -2.34. The molecular weight excluding hydrogens is 490 g/mol. The number of nitrogens with one attached hydrogen (secondary N) is 1. The zero-order valence-electron chi connectivity index (χ0n) is 21.5. The third-order valence-electron chi connectivity index (χ3n) is 6.04. The Morgan fingerprint density at radius 2 is 1.47 bits per heavy atom. The highest BCUT2D eigenvalue weighted by molar-refractivity contribution is 7.99. The van der Waals surface area contributed by atoms with Gasteiger partial charge in [-0.05, 0) is 35.9 Å². The van der Waals surface area contributed by atoms with E-state index in [1.54, 1.807) is 4.68 Å². The van der Waals surface area contributed by atoms with Gasteiger partial charge < -0.3 is 0 Å². The van der Waals surface area contributed by atoms with E-state index >= 15 is 0 Å². The van der Waals surface area contributed by atoms with Crippen molar-refractivity contribution in [2.24, 2.45) is 0 Å². The van der Waals surface area contributed by atoms with Gasteiger partial charge in [-0.2, -0.15) is 11.8 Å². The summed E-state index contributed by atoms with van der Waals surface area (Å²) in [4.78, 5) is 0. The number of aryl methyl sites for hydroxylation is 1. The predicted molar refractivity (Wildman–Crippen MR) is 146 cm³/mol. The Balaban J connectivity index is 2.10. The van der Waals surface area contributed by atoms with E-state index in [1.165, 1.54) is 89.9 Å². The first-order valence-corrected chi connectivity index (χ1v) is 16.7. The van der Waals surface area contributed by atoms with Crippen molar-refractivity contribution in [2.45, 2.75) is 116 Å². The van der Waals surface area contributed by atoms with Crippen molar-refractivity contribution in [3.8, 4) is 0 Å². The summed E-state index contributed by atoms with van der Waals surface area (Å²) in [6.45, 7) is 4.41. The normalized spacial score (nSPS) is 12.9. The second-order valence-electron chi connectivity index (χ2n) is 9.21. The first-order valence-electron chi connectivity index (χ1n) is 13.4. The third kappa shape index (κ3) is 16.3. The van der Waals surface area contributed by atoms with Crippen LogP contribution >= 0.6 is 23.4 Å². The lowest BCUT2D eigenvalue weighted by Gasteiger charge is -2.18. The van der Waals surface area contributed by atoms with E-state index < -0.39 is 10.0 Å². The molecule has 0 fully saturated rings. The molecule has 0 saturated heterocycles. The van der Waals surface area contributed by atoms with Crippen LogP contribution in [0, 0.1) is 6.92 Å². The van der Waals surface area contributed by atoms with Crippen molar-refractivity contribution < 1.29 is 8.42 Å². The number of rotatable bonds is 24. The molecule has 1 atom stereocenters. The quantitative estimate of drug-likeness (QED) is 0.123. The lowest BCUT2D eigenvalue weighted by molar-refractivity contribution is 0.464. The third-order valence-corrected chi connectivity index (χ3v) is 8.94. The number of unbranched alkanes of at least 4 members (excludes halogenated alkanes) is 13. The van der Waals surface area contributed by atoms with E-state index in [2.05, 4.69) is 27.2 Å². The molecule has 1 heterocycles. The highest BCUT2D eigenvalue weighted by Crippen LogP contribution is 2.18. The second kappa shape index (κ2) is 20.8. The zero-order valence-corrected chi connectivity index (χ0v) is 23.9. The highest BCUT2D eigenvalue weighted by atomic mass is 35.5. The smallest absolute Gasteiger partial charge is 0.211 e. The summed E-state index contributed by atoms with van der Waals surface area (Å²) in [5.41, 5.74) is 0. The van der Waals surface area contributed by atoms with Gasteiger partial charge in [0.1, 0.15) is 5.82 Å². The number of halogens is 1. The molecule has 0 aliphatic rings. The summed E-state index contributed by atoms with van der Waals surface area (Å²) in [7, 11) is -3.33. The largest absolute Gasteiger partial charge is 0.225 e. The fourth-order valence-corrected chi connectivity index (χ4v) is 6.46. The summed E-state index contributed by atoms with van der Waals surface area (Å²) in [6, 6.07) is -0.0996. The van der Waals surface area contributed by atoms with Crippen LogP contribution in [-0.2, 0) is 10.0 Å². The molecule has 0 bridgehead atoms. The van der Waals surface area contributed by atoms with Crippen LogP contribution in [0.2, 0.25) is 0 Å². The van der Waals surface area contributed by atoms with Crippen LogP contribution in [0.5, 0.6) is 0 Å². The van der Waals surface area contributed by atoms with Gasteiger partial charge in [-0.3, -0.25) is 0 Å². The van der Waals surface area contributed by atoms with Crippen molar-refractivity contribution in [2.75, 3.05) is 29.7 Å². The minimum Gasteiger partial charge on any atom is -0.225 e. The number of alkyl halides is 1. The van der Waals surface area contributed by atoms with Gasteiger partial charge in [0, 0.05) is 18.2 Å². The maximum atomic E-state index is 12.1. The van der Waals surface area contributed by atoms with Crippen LogP contribution in [0.25, 0.3) is 0 Å². The Bertz CT molecular complexity index is 703. The van der Waals surface area contributed by atoms with E-state index in [0.29, 0.717) is 24.7 Å². The molecule has 1 aromatic heterocycles. The average Bonchev–Trinajstić information content (AvgIpc) is 3.25. The van der Waals surface area contributed by atoms with Crippen LogP contribution in [-0.4, -0.2) is 58.3 Å². The fraction of sp³-hybridized carbons (Fsp3) is 0.958. The molecule has 1 unspecified atom stereocenters. The number of hydrogen-bond donors (Lipinski definition) is 1. The predicted octanol–water partition coefficient (Wildman–Crippen LogP) is 6.29. The van der Waals surface area contributed by atoms with Gasteiger partial charge in [0.15, 0.2) is 0 Å². The van der Waals surface area contributed by atoms with E-state index in [-0.39, 0.29) is 11.8 Å². The van der Waals surface area contributed by atoms with Gasteiger partial charge in [0.05, 0.1) is 11.8 Å². The van der Waals surface area contributed by atoms with Gasteiger partial charge in [-0.25, -0.2) is 17.8 Å². The number of tetrazole rings is 1. The molecule has 1 aromatic rings. The summed E-state index contributed by atoms with van der Waals surface area (Å²) in [5.74, 6) is 2.94. The Labute approximate surface area is 218 Å². The molecular formula is C24H48ClN5O2S2. The zero-order chi connectivity index (χ0) is 24.9. The van der Waals surface area contributed by atoms with Crippen molar-refractivity contribution in [3.05, 3.63) is 5.82 Å². The van der Waals surface area contributed by atoms with Gasteiger partial charge in [-0.15, -0.1) is 16.7 Å². The van der Waals surface area contributed by atoms with Crippen LogP contribution in [0.15, 0.2) is 0 Å². The summed E-state index contributed by atoms with van der Waals surface area (Å²) in [6.07, 6.45) is 19.5. The SMILES string of the molecule is CCCCCCCCCCCCCCCCSCC(CNS(=O)(=O)CCCCl)n1nnnc1C. The standard InChI is InChI=1S/C24H48ClN5O2S2/c1-3-4-5-6-7-8-9-10-11-12-13-14-15-16-19-33-22-24(30-23(2)27-28-29-30)21-26-34(31,32)20-17-18-25/h24,26H,3-22H2,1-2H3. The molecule has 0 aliphatic heterocycles. The van der Waals surface area contributed by atoms with Gasteiger partial charge in [0.2, 0.25) is 10.0 Å². The molecule has 0 spiro atoms. The molecule has 10 heteroatoms. The molecule has 1 N–H and O–H groups in total. The average molecular weight is 538 g/mol. The lowest BCUT2D eigenvalue weighted by atomic mass is 10.0. The van der Waals surface area contributed by atoms with Crippen molar-refractivity contribution in [1.29, 1.82) is 0 Å². The van der Waals surface area contributed by atoms with Crippen LogP contribution in [0.4, 0.5) is 0 Å². The molecule has 0 aliphatic carbocycles. The minimum atomic E-state index is -3.33. The fourth-order valence-electron chi connectivity index (χ4n) is 3.95. The topological polar surface area (TPSA) is 89.8 Å². The number of nitrogens with zero attached hydrogens (tertiary/aromatic N) is 4. The van der Waals surface area contributed by atoms with E-state index in [1.807, 2.05) is 18.7 Å². The van der Waals surface area contributed by atoms with Crippen LogP contribution in [0.1, 0.15) is 115 Å². The van der Waals surface area contributed by atoms with Crippen LogP contribution < -0.4 is 4.72 Å². The minimum absolute atomic E-state index is 0.0456. The number of sulfonamides is 1. The Hall–Kier alpha value is -0.380. The molecule has 0 saturated carbocycles. The Morgan fingerprint density at radius 3 is 1.97 bits per heavy atom. The Kier molecular flexibility index (Phi) is 19.3. The van der Waals surface area contributed by atoms with E-state index in [4.69, 9.17) is 11.6 Å². The number of thioether (sulfide) groups is 1. The molecule has 200 valence electrons. The first kappa shape index (κ1) is 31.6. The molecule has 0 radical (unpaired) electrons. The van der Waals surface area contributed by atoms with Crippen LogP contribution in [0.3, 0.4) is 0 Å². The number of aromatic nitrogens is 4. The molecule has 7 nitrogen and oxygen atoms in total.